The molecule has 106 valence electrons. The zero-order valence-corrected chi connectivity index (χ0v) is 12.2. The summed E-state index contributed by atoms with van der Waals surface area (Å²) in [5, 5.41) is 0. The number of nitrogens with two attached hydrogens (primary N) is 1. The second-order valence-electron chi connectivity index (χ2n) is 4.89. The SMILES string of the molecule is COc1ccc(CCN(C)c2cccc(CN)c2)cc1. The minimum absolute atomic E-state index is 0.583. The summed E-state index contributed by atoms with van der Waals surface area (Å²) >= 11 is 0. The van der Waals surface area contributed by atoms with Gasteiger partial charge < -0.3 is 15.4 Å². The molecule has 0 atom stereocenters. The van der Waals surface area contributed by atoms with Crippen molar-refractivity contribution < 1.29 is 4.74 Å². The lowest BCUT2D eigenvalue weighted by Crippen LogP contribution is -2.20. The number of anilines is 1. The van der Waals surface area contributed by atoms with E-state index in [1.165, 1.54) is 16.8 Å². The van der Waals surface area contributed by atoms with Crippen molar-refractivity contribution in [1.29, 1.82) is 0 Å². The van der Waals surface area contributed by atoms with Crippen LogP contribution in [0.15, 0.2) is 48.5 Å². The van der Waals surface area contributed by atoms with Crippen molar-refractivity contribution in [2.45, 2.75) is 13.0 Å². The van der Waals surface area contributed by atoms with Crippen LogP contribution in [0.5, 0.6) is 5.75 Å². The summed E-state index contributed by atoms with van der Waals surface area (Å²) in [5.74, 6) is 0.901. The van der Waals surface area contributed by atoms with Crippen molar-refractivity contribution in [3.05, 3.63) is 59.7 Å². The first-order valence-corrected chi connectivity index (χ1v) is 6.86. The van der Waals surface area contributed by atoms with E-state index in [4.69, 9.17) is 10.5 Å². The summed E-state index contributed by atoms with van der Waals surface area (Å²) in [6, 6.07) is 16.6. The van der Waals surface area contributed by atoms with Crippen molar-refractivity contribution in [3.63, 3.8) is 0 Å². The Kier molecular flexibility index (Phi) is 5.02. The fraction of sp³-hybridized carbons (Fsp3) is 0.294. The Labute approximate surface area is 121 Å². The molecule has 0 saturated heterocycles. The topological polar surface area (TPSA) is 38.5 Å². The van der Waals surface area contributed by atoms with Crippen LogP contribution in [-0.2, 0) is 13.0 Å². The number of likely N-dealkylation sites (N-methyl/N-ethyl adjacent to an activating group) is 1. The highest BCUT2D eigenvalue weighted by Crippen LogP contribution is 2.16. The van der Waals surface area contributed by atoms with E-state index in [1.54, 1.807) is 7.11 Å². The highest BCUT2D eigenvalue weighted by atomic mass is 16.5. The predicted octanol–water partition coefficient (Wildman–Crippen LogP) is 2.83. The number of ether oxygens (including phenoxy) is 1. The van der Waals surface area contributed by atoms with E-state index in [0.717, 1.165) is 18.7 Å². The maximum absolute atomic E-state index is 5.68. The minimum Gasteiger partial charge on any atom is -0.497 e. The van der Waals surface area contributed by atoms with E-state index >= 15 is 0 Å². The Morgan fingerprint density at radius 1 is 1.05 bits per heavy atom. The Hall–Kier alpha value is -2.00. The molecule has 2 N–H and O–H groups in total. The molecule has 20 heavy (non-hydrogen) atoms. The molecule has 0 unspecified atom stereocenters. The molecular formula is C17H22N2O. The normalized spacial score (nSPS) is 10.3. The van der Waals surface area contributed by atoms with Gasteiger partial charge in [0.05, 0.1) is 7.11 Å². The lowest BCUT2D eigenvalue weighted by molar-refractivity contribution is 0.414. The third-order valence-corrected chi connectivity index (χ3v) is 3.48. The first-order valence-electron chi connectivity index (χ1n) is 6.86. The van der Waals surface area contributed by atoms with Crippen LogP contribution in [0.3, 0.4) is 0 Å². The fourth-order valence-corrected chi connectivity index (χ4v) is 2.14. The van der Waals surface area contributed by atoms with Crippen molar-refractivity contribution in [2.24, 2.45) is 5.73 Å². The van der Waals surface area contributed by atoms with Gasteiger partial charge in [0, 0.05) is 25.8 Å². The molecule has 0 aromatic heterocycles. The molecule has 0 radical (unpaired) electrons. The second kappa shape index (κ2) is 6.96. The van der Waals surface area contributed by atoms with Crippen LogP contribution in [0.2, 0.25) is 0 Å². The van der Waals surface area contributed by atoms with E-state index in [9.17, 15) is 0 Å². The Balaban J connectivity index is 1.95. The maximum Gasteiger partial charge on any atom is 0.118 e. The molecule has 0 aliphatic heterocycles. The third-order valence-electron chi connectivity index (χ3n) is 3.48. The summed E-state index contributed by atoms with van der Waals surface area (Å²) in [4.78, 5) is 2.25. The molecule has 3 heteroatoms. The summed E-state index contributed by atoms with van der Waals surface area (Å²) in [7, 11) is 3.80. The lowest BCUT2D eigenvalue weighted by atomic mass is 10.1. The number of hydrogen-bond donors (Lipinski definition) is 1. The molecule has 0 aliphatic rings. The van der Waals surface area contributed by atoms with Gasteiger partial charge in [-0.3, -0.25) is 0 Å². The summed E-state index contributed by atoms with van der Waals surface area (Å²) in [6.45, 7) is 1.56. The van der Waals surface area contributed by atoms with Gasteiger partial charge in [0.15, 0.2) is 0 Å². The van der Waals surface area contributed by atoms with E-state index in [2.05, 4.69) is 48.3 Å². The molecule has 0 aliphatic carbocycles. The fourth-order valence-electron chi connectivity index (χ4n) is 2.14. The molecule has 0 saturated carbocycles. The predicted molar refractivity (Wildman–Crippen MR) is 84.3 cm³/mol. The Bertz CT molecular complexity index is 537. The van der Waals surface area contributed by atoms with Crippen molar-refractivity contribution in [3.8, 4) is 5.75 Å². The van der Waals surface area contributed by atoms with Gasteiger partial charge in [0.2, 0.25) is 0 Å². The Morgan fingerprint density at radius 3 is 2.45 bits per heavy atom. The molecule has 0 fully saturated rings. The average Bonchev–Trinajstić information content (AvgIpc) is 2.53. The summed E-state index contributed by atoms with van der Waals surface area (Å²) < 4.78 is 5.17. The molecule has 3 nitrogen and oxygen atoms in total. The summed E-state index contributed by atoms with van der Waals surface area (Å²) in [5.41, 5.74) is 9.37. The van der Waals surface area contributed by atoms with Gasteiger partial charge in [-0.05, 0) is 41.8 Å². The van der Waals surface area contributed by atoms with Gasteiger partial charge >= 0.3 is 0 Å². The van der Waals surface area contributed by atoms with Crippen LogP contribution in [-0.4, -0.2) is 20.7 Å². The minimum atomic E-state index is 0.583. The van der Waals surface area contributed by atoms with Gasteiger partial charge in [-0.25, -0.2) is 0 Å². The van der Waals surface area contributed by atoms with E-state index in [0.29, 0.717) is 6.54 Å². The van der Waals surface area contributed by atoms with Crippen LogP contribution in [0, 0.1) is 0 Å². The smallest absolute Gasteiger partial charge is 0.118 e. The molecule has 2 aromatic rings. The monoisotopic (exact) mass is 270 g/mol. The van der Waals surface area contributed by atoms with Gasteiger partial charge in [-0.1, -0.05) is 24.3 Å². The lowest BCUT2D eigenvalue weighted by Gasteiger charge is -2.20. The zero-order valence-electron chi connectivity index (χ0n) is 12.2. The van der Waals surface area contributed by atoms with E-state index in [-0.39, 0.29) is 0 Å². The molecule has 0 heterocycles. The molecule has 0 spiro atoms. The van der Waals surface area contributed by atoms with Crippen LogP contribution in [0.4, 0.5) is 5.69 Å². The van der Waals surface area contributed by atoms with Gasteiger partial charge in [0.25, 0.3) is 0 Å². The number of hydrogen-bond acceptors (Lipinski definition) is 3. The molecule has 0 bridgehead atoms. The quantitative estimate of drug-likeness (QED) is 0.877. The molecule has 0 amide bonds. The molecular weight excluding hydrogens is 248 g/mol. The molecule has 2 rings (SSSR count). The van der Waals surface area contributed by atoms with Gasteiger partial charge in [-0.15, -0.1) is 0 Å². The van der Waals surface area contributed by atoms with E-state index < -0.39 is 0 Å². The first-order chi connectivity index (χ1) is 9.72. The highest BCUT2D eigenvalue weighted by molar-refractivity contribution is 5.48. The van der Waals surface area contributed by atoms with Crippen molar-refractivity contribution >= 4 is 5.69 Å². The standard InChI is InChI=1S/C17H22N2O/c1-19(16-5-3-4-15(12-16)13-18)11-10-14-6-8-17(20-2)9-7-14/h3-9,12H,10-11,13,18H2,1-2H3. The largest absolute Gasteiger partial charge is 0.497 e. The summed E-state index contributed by atoms with van der Waals surface area (Å²) in [6.07, 6.45) is 1.01. The second-order valence-corrected chi connectivity index (χ2v) is 4.89. The number of nitrogens with zero attached hydrogens (tertiary/aromatic N) is 1. The number of benzene rings is 2. The van der Waals surface area contributed by atoms with Gasteiger partial charge in [-0.2, -0.15) is 0 Å². The van der Waals surface area contributed by atoms with Crippen LogP contribution in [0.1, 0.15) is 11.1 Å². The number of rotatable bonds is 6. The first kappa shape index (κ1) is 14.4. The zero-order chi connectivity index (χ0) is 14.4. The van der Waals surface area contributed by atoms with Crippen LogP contribution in [0.25, 0.3) is 0 Å². The van der Waals surface area contributed by atoms with Gasteiger partial charge in [0.1, 0.15) is 5.75 Å². The molecule has 2 aromatic carbocycles. The van der Waals surface area contributed by atoms with E-state index in [1.807, 2.05) is 12.1 Å². The van der Waals surface area contributed by atoms with Crippen LogP contribution >= 0.6 is 0 Å². The number of methoxy groups -OCH3 is 1. The maximum atomic E-state index is 5.68. The highest BCUT2D eigenvalue weighted by Gasteiger charge is 2.02. The average molecular weight is 270 g/mol. The van der Waals surface area contributed by atoms with Crippen LogP contribution < -0.4 is 15.4 Å². The van der Waals surface area contributed by atoms with Crippen molar-refractivity contribution in [1.82, 2.24) is 0 Å². The van der Waals surface area contributed by atoms with Crippen molar-refractivity contribution in [2.75, 3.05) is 25.6 Å². The Morgan fingerprint density at radius 2 is 1.80 bits per heavy atom. The third kappa shape index (κ3) is 3.75.